The number of allylic oxidation sites excluding steroid dienone is 1. The minimum absolute atomic E-state index is 0.120. The van der Waals surface area contributed by atoms with Gasteiger partial charge < -0.3 is 0 Å². The number of aryl methyl sites for hydroxylation is 1. The fraction of sp³-hybridized carbons (Fsp3) is 0.0526. The molecule has 21 heavy (non-hydrogen) atoms. The highest BCUT2D eigenvalue weighted by molar-refractivity contribution is 6.09. The molecule has 0 aliphatic heterocycles. The van der Waals surface area contributed by atoms with Gasteiger partial charge in [0.1, 0.15) is 17.7 Å². The van der Waals surface area contributed by atoms with Crippen LogP contribution in [0.3, 0.4) is 0 Å². The number of rotatable bonds is 1. The number of benzene rings is 3. The summed E-state index contributed by atoms with van der Waals surface area (Å²) in [5, 5.41) is 22.5. The van der Waals surface area contributed by atoms with Crippen LogP contribution in [-0.2, 0) is 0 Å². The molecule has 2 nitrogen and oxygen atoms in total. The quantitative estimate of drug-likeness (QED) is 0.473. The summed E-state index contributed by atoms with van der Waals surface area (Å²) in [7, 11) is 0. The lowest BCUT2D eigenvalue weighted by Crippen LogP contribution is -1.88. The van der Waals surface area contributed by atoms with Crippen molar-refractivity contribution in [2.45, 2.75) is 6.92 Å². The van der Waals surface area contributed by atoms with E-state index in [2.05, 4.69) is 19.1 Å². The highest BCUT2D eigenvalue weighted by Crippen LogP contribution is 2.33. The van der Waals surface area contributed by atoms with Gasteiger partial charge in [-0.25, -0.2) is 0 Å². The number of nitriles is 2. The van der Waals surface area contributed by atoms with Crippen molar-refractivity contribution in [3.05, 3.63) is 65.2 Å². The largest absolute Gasteiger partial charge is 0.192 e. The maximum Gasteiger partial charge on any atom is 0.130 e. The van der Waals surface area contributed by atoms with Gasteiger partial charge in [-0.1, -0.05) is 48.5 Å². The van der Waals surface area contributed by atoms with Crippen molar-refractivity contribution < 1.29 is 0 Å². The molecule has 0 aliphatic carbocycles. The summed E-state index contributed by atoms with van der Waals surface area (Å²) < 4.78 is 0. The topological polar surface area (TPSA) is 47.6 Å². The van der Waals surface area contributed by atoms with Gasteiger partial charge in [0.15, 0.2) is 0 Å². The van der Waals surface area contributed by atoms with Gasteiger partial charge in [0.2, 0.25) is 0 Å². The lowest BCUT2D eigenvalue weighted by molar-refractivity contribution is 1.47. The Morgan fingerprint density at radius 1 is 0.810 bits per heavy atom. The molecule has 0 aromatic heterocycles. The second-order valence-corrected chi connectivity index (χ2v) is 4.91. The molecule has 0 saturated carbocycles. The maximum atomic E-state index is 9.05. The van der Waals surface area contributed by atoms with Gasteiger partial charge >= 0.3 is 0 Å². The van der Waals surface area contributed by atoms with Gasteiger partial charge in [-0.05, 0) is 45.7 Å². The second-order valence-electron chi connectivity index (χ2n) is 4.91. The van der Waals surface area contributed by atoms with Crippen LogP contribution in [0.4, 0.5) is 0 Å². The third kappa shape index (κ3) is 2.04. The third-order valence-electron chi connectivity index (χ3n) is 3.77. The van der Waals surface area contributed by atoms with E-state index in [1.807, 2.05) is 48.5 Å². The number of hydrogen-bond donors (Lipinski definition) is 0. The number of nitrogens with zero attached hydrogens (tertiary/aromatic N) is 2. The van der Waals surface area contributed by atoms with E-state index in [1.165, 1.54) is 5.56 Å². The first-order valence-electron chi connectivity index (χ1n) is 6.68. The van der Waals surface area contributed by atoms with E-state index in [4.69, 9.17) is 10.5 Å². The monoisotopic (exact) mass is 268 g/mol. The molecule has 0 fully saturated rings. The van der Waals surface area contributed by atoms with E-state index in [9.17, 15) is 0 Å². The van der Waals surface area contributed by atoms with E-state index in [0.717, 1.165) is 27.1 Å². The Morgan fingerprint density at radius 3 is 1.67 bits per heavy atom. The molecule has 0 saturated heterocycles. The van der Waals surface area contributed by atoms with Crippen LogP contribution in [0.2, 0.25) is 0 Å². The summed E-state index contributed by atoms with van der Waals surface area (Å²) in [6.45, 7) is 2.10. The van der Waals surface area contributed by atoms with Crippen LogP contribution in [-0.4, -0.2) is 0 Å². The van der Waals surface area contributed by atoms with Crippen LogP contribution in [0.25, 0.3) is 27.6 Å². The smallest absolute Gasteiger partial charge is 0.130 e. The van der Waals surface area contributed by atoms with Crippen molar-refractivity contribution in [2.75, 3.05) is 0 Å². The van der Waals surface area contributed by atoms with E-state index < -0.39 is 0 Å². The predicted octanol–water partition coefficient (Wildman–Crippen LogP) is 4.73. The zero-order valence-corrected chi connectivity index (χ0v) is 11.6. The Morgan fingerprint density at radius 2 is 1.24 bits per heavy atom. The van der Waals surface area contributed by atoms with Crippen LogP contribution < -0.4 is 0 Å². The SMILES string of the molecule is Cc1c2ccccc2c(C=C(C#N)C#N)c2ccccc12. The molecule has 0 radical (unpaired) electrons. The molecule has 0 unspecified atom stereocenters. The maximum absolute atomic E-state index is 9.05. The van der Waals surface area contributed by atoms with Crippen LogP contribution in [0, 0.1) is 29.6 Å². The van der Waals surface area contributed by atoms with Gasteiger partial charge in [0.25, 0.3) is 0 Å². The van der Waals surface area contributed by atoms with Crippen LogP contribution >= 0.6 is 0 Å². The molecule has 3 aromatic carbocycles. The molecule has 0 N–H and O–H groups in total. The number of hydrogen-bond acceptors (Lipinski definition) is 2. The lowest BCUT2D eigenvalue weighted by atomic mass is 9.91. The molecule has 98 valence electrons. The predicted molar refractivity (Wildman–Crippen MR) is 85.4 cm³/mol. The Hall–Kier alpha value is -3.10. The first kappa shape index (κ1) is 12.9. The van der Waals surface area contributed by atoms with Crippen LogP contribution in [0.1, 0.15) is 11.1 Å². The first-order valence-corrected chi connectivity index (χ1v) is 6.68. The van der Waals surface area contributed by atoms with Crippen molar-refractivity contribution in [1.29, 1.82) is 10.5 Å². The minimum Gasteiger partial charge on any atom is -0.192 e. The zero-order chi connectivity index (χ0) is 14.8. The average molecular weight is 268 g/mol. The molecule has 2 heteroatoms. The standard InChI is InChI=1S/C19H12N2/c1-13-15-6-2-4-8-17(15)19(10-14(11-20)12-21)18-9-5-3-7-16(13)18/h2-10H,1H3. The van der Waals surface area contributed by atoms with Crippen molar-refractivity contribution in [1.82, 2.24) is 0 Å². The van der Waals surface area contributed by atoms with Gasteiger partial charge in [0, 0.05) is 0 Å². The van der Waals surface area contributed by atoms with Crippen molar-refractivity contribution >= 4 is 27.6 Å². The Balaban J connectivity index is 2.56. The average Bonchev–Trinajstić information content (AvgIpc) is 2.55. The number of fused-ring (bicyclic) bond motifs is 2. The second kappa shape index (κ2) is 5.12. The van der Waals surface area contributed by atoms with Crippen molar-refractivity contribution in [3.8, 4) is 12.1 Å². The Labute approximate surface area is 123 Å². The highest BCUT2D eigenvalue weighted by atomic mass is 14.3. The molecule has 3 rings (SSSR count). The van der Waals surface area contributed by atoms with Gasteiger partial charge in [-0.3, -0.25) is 0 Å². The fourth-order valence-electron chi connectivity index (χ4n) is 2.77. The van der Waals surface area contributed by atoms with E-state index in [0.29, 0.717) is 0 Å². The van der Waals surface area contributed by atoms with E-state index >= 15 is 0 Å². The summed E-state index contributed by atoms with van der Waals surface area (Å²) in [6, 6.07) is 20.1. The summed E-state index contributed by atoms with van der Waals surface area (Å²) in [5.41, 5.74) is 2.27. The van der Waals surface area contributed by atoms with E-state index in [1.54, 1.807) is 6.08 Å². The molecular formula is C19H12N2. The minimum atomic E-state index is 0.120. The fourth-order valence-corrected chi connectivity index (χ4v) is 2.77. The molecule has 0 heterocycles. The molecule has 0 atom stereocenters. The third-order valence-corrected chi connectivity index (χ3v) is 3.77. The molecule has 0 aliphatic rings. The van der Waals surface area contributed by atoms with Gasteiger partial charge in [-0.15, -0.1) is 0 Å². The Kier molecular flexibility index (Phi) is 3.14. The normalized spacial score (nSPS) is 10.0. The Bertz CT molecular complexity index is 893. The first-order chi connectivity index (χ1) is 10.3. The molecular weight excluding hydrogens is 256 g/mol. The highest BCUT2D eigenvalue weighted by Gasteiger charge is 2.10. The summed E-state index contributed by atoms with van der Waals surface area (Å²) in [6.07, 6.45) is 1.68. The lowest BCUT2D eigenvalue weighted by Gasteiger charge is -2.12. The zero-order valence-electron chi connectivity index (χ0n) is 11.6. The van der Waals surface area contributed by atoms with Gasteiger partial charge in [0.05, 0.1) is 0 Å². The molecule has 3 aromatic rings. The van der Waals surface area contributed by atoms with Gasteiger partial charge in [-0.2, -0.15) is 10.5 Å². The molecule has 0 amide bonds. The van der Waals surface area contributed by atoms with Crippen molar-refractivity contribution in [2.24, 2.45) is 0 Å². The van der Waals surface area contributed by atoms with Crippen LogP contribution in [0.5, 0.6) is 0 Å². The summed E-state index contributed by atoms with van der Waals surface area (Å²) in [4.78, 5) is 0. The van der Waals surface area contributed by atoms with Crippen molar-refractivity contribution in [3.63, 3.8) is 0 Å². The van der Waals surface area contributed by atoms with Crippen LogP contribution in [0.15, 0.2) is 54.1 Å². The van der Waals surface area contributed by atoms with E-state index in [-0.39, 0.29) is 5.57 Å². The molecule has 0 bridgehead atoms. The summed E-state index contributed by atoms with van der Waals surface area (Å²) >= 11 is 0. The summed E-state index contributed by atoms with van der Waals surface area (Å²) in [5.74, 6) is 0. The molecule has 0 spiro atoms.